The number of methoxy groups -OCH3 is 1. The summed E-state index contributed by atoms with van der Waals surface area (Å²) in [4.78, 5) is 48.3. The molecule has 10 nitrogen and oxygen atoms in total. The first-order valence-corrected chi connectivity index (χ1v) is 10.4. The van der Waals surface area contributed by atoms with Gasteiger partial charge in [-0.15, -0.1) is 0 Å². The predicted molar refractivity (Wildman–Crippen MR) is 123 cm³/mol. The molecule has 0 atom stereocenters. The molecule has 1 aromatic heterocycles. The van der Waals surface area contributed by atoms with Crippen LogP contribution in [0.1, 0.15) is 20.3 Å². The number of anilines is 2. The molecule has 1 heterocycles. The average molecular weight is 454 g/mol. The molecule has 10 heteroatoms. The van der Waals surface area contributed by atoms with Crippen molar-refractivity contribution in [1.29, 1.82) is 0 Å². The Labute approximate surface area is 190 Å². The van der Waals surface area contributed by atoms with Gasteiger partial charge < -0.3 is 20.1 Å². The van der Waals surface area contributed by atoms with Crippen LogP contribution in [0.4, 0.5) is 11.4 Å². The van der Waals surface area contributed by atoms with Crippen molar-refractivity contribution in [2.24, 2.45) is 0 Å². The monoisotopic (exact) mass is 454 g/mol. The van der Waals surface area contributed by atoms with Crippen LogP contribution in [0.5, 0.6) is 5.75 Å². The van der Waals surface area contributed by atoms with Crippen molar-refractivity contribution < 1.29 is 23.9 Å². The predicted octanol–water partition coefficient (Wildman–Crippen LogP) is 2.36. The molecule has 0 radical (unpaired) electrons. The van der Waals surface area contributed by atoms with Gasteiger partial charge in [0.2, 0.25) is 5.91 Å². The van der Waals surface area contributed by atoms with Gasteiger partial charge in [-0.2, -0.15) is 0 Å². The average Bonchev–Trinajstić information content (AvgIpc) is 3.06. The fourth-order valence-corrected chi connectivity index (χ4v) is 3.49. The molecule has 2 amide bonds. The first-order chi connectivity index (χ1) is 15.8. The molecule has 0 spiro atoms. The summed E-state index contributed by atoms with van der Waals surface area (Å²) in [5.41, 5.74) is 2.14. The molecule has 33 heavy (non-hydrogen) atoms. The number of benzene rings is 2. The number of fused-ring (bicyclic) bond motifs is 1. The molecular formula is C23H26N4O6. The van der Waals surface area contributed by atoms with Crippen molar-refractivity contribution >= 4 is 40.2 Å². The summed E-state index contributed by atoms with van der Waals surface area (Å²) in [5, 5.41) is 5.21. The molecule has 0 bridgehead atoms. The standard InChI is InChI=1S/C23H26N4O6/c1-4-26-18-7-5-6-8-19(18)27(23(26)31)12-11-22(30)33-14-21(29)25-17-13-16(24-15(2)28)9-10-20(17)32-3/h5-10,13H,4,11-12,14H2,1-3H3,(H,24,28)(H,25,29). The van der Waals surface area contributed by atoms with Gasteiger partial charge in [0, 0.05) is 25.7 Å². The molecule has 0 aliphatic heterocycles. The highest BCUT2D eigenvalue weighted by atomic mass is 16.5. The highest BCUT2D eigenvalue weighted by Crippen LogP contribution is 2.27. The van der Waals surface area contributed by atoms with E-state index in [-0.39, 0.29) is 24.6 Å². The van der Waals surface area contributed by atoms with Crippen LogP contribution < -0.4 is 21.1 Å². The van der Waals surface area contributed by atoms with Gasteiger partial charge in [0.05, 0.1) is 30.3 Å². The summed E-state index contributed by atoms with van der Waals surface area (Å²) in [5.74, 6) is -1.05. The number of esters is 1. The summed E-state index contributed by atoms with van der Waals surface area (Å²) >= 11 is 0. The number of para-hydroxylation sites is 2. The highest BCUT2D eigenvalue weighted by Gasteiger charge is 2.15. The molecule has 0 unspecified atom stereocenters. The molecule has 0 aliphatic rings. The molecule has 3 aromatic rings. The van der Waals surface area contributed by atoms with Crippen LogP contribution in [0.3, 0.4) is 0 Å². The number of ether oxygens (including phenoxy) is 2. The summed E-state index contributed by atoms with van der Waals surface area (Å²) in [6.45, 7) is 3.41. The van der Waals surface area contributed by atoms with Crippen molar-refractivity contribution in [2.75, 3.05) is 24.4 Å². The van der Waals surface area contributed by atoms with E-state index >= 15 is 0 Å². The SMILES string of the molecule is CCn1c(=O)n(CCC(=O)OCC(=O)Nc2cc(NC(C)=O)ccc2OC)c2ccccc21. The lowest BCUT2D eigenvalue weighted by Gasteiger charge is -2.12. The number of hydrogen-bond donors (Lipinski definition) is 2. The smallest absolute Gasteiger partial charge is 0.329 e. The van der Waals surface area contributed by atoms with Crippen molar-refractivity contribution in [3.8, 4) is 5.75 Å². The van der Waals surface area contributed by atoms with Gasteiger partial charge in [0.25, 0.3) is 5.91 Å². The van der Waals surface area contributed by atoms with E-state index < -0.39 is 18.5 Å². The largest absolute Gasteiger partial charge is 0.495 e. The molecule has 3 rings (SSSR count). The zero-order chi connectivity index (χ0) is 24.0. The Morgan fingerprint density at radius 3 is 2.33 bits per heavy atom. The van der Waals surface area contributed by atoms with Gasteiger partial charge in [-0.05, 0) is 37.3 Å². The maximum Gasteiger partial charge on any atom is 0.329 e. The quantitative estimate of drug-likeness (QED) is 0.479. The zero-order valence-electron chi connectivity index (χ0n) is 18.7. The molecule has 0 saturated heterocycles. The number of rotatable bonds is 9. The minimum Gasteiger partial charge on any atom is -0.495 e. The Kier molecular flexibility index (Phi) is 7.50. The lowest BCUT2D eigenvalue weighted by molar-refractivity contribution is -0.147. The number of carbonyl (C=O) groups excluding carboxylic acids is 3. The molecule has 2 aromatic carbocycles. The third-order valence-corrected chi connectivity index (χ3v) is 4.94. The van der Waals surface area contributed by atoms with E-state index in [1.165, 1.54) is 24.7 Å². The Morgan fingerprint density at radius 1 is 1.00 bits per heavy atom. The van der Waals surface area contributed by atoms with E-state index in [0.717, 1.165) is 11.0 Å². The topological polar surface area (TPSA) is 121 Å². The molecule has 0 aliphatic carbocycles. The Morgan fingerprint density at radius 2 is 1.70 bits per heavy atom. The minimum atomic E-state index is -0.607. The van der Waals surface area contributed by atoms with Crippen molar-refractivity contribution in [3.63, 3.8) is 0 Å². The molecule has 0 saturated carbocycles. The Balaban J connectivity index is 1.58. The number of imidazole rings is 1. The lowest BCUT2D eigenvalue weighted by Crippen LogP contribution is -2.26. The third kappa shape index (κ3) is 5.59. The zero-order valence-corrected chi connectivity index (χ0v) is 18.7. The van der Waals surface area contributed by atoms with E-state index in [9.17, 15) is 19.2 Å². The number of nitrogens with one attached hydrogen (secondary N) is 2. The lowest BCUT2D eigenvalue weighted by atomic mass is 10.2. The molecule has 174 valence electrons. The van der Waals surface area contributed by atoms with Crippen LogP contribution >= 0.6 is 0 Å². The summed E-state index contributed by atoms with van der Waals surface area (Å²) < 4.78 is 13.4. The number of amides is 2. The molecule has 0 fully saturated rings. The van der Waals surface area contributed by atoms with Gasteiger partial charge in [-0.1, -0.05) is 12.1 Å². The maximum absolute atomic E-state index is 12.6. The van der Waals surface area contributed by atoms with Crippen LogP contribution in [-0.2, 0) is 32.2 Å². The first kappa shape index (κ1) is 23.6. The molecule has 2 N–H and O–H groups in total. The van der Waals surface area contributed by atoms with Crippen LogP contribution in [0.2, 0.25) is 0 Å². The van der Waals surface area contributed by atoms with E-state index in [2.05, 4.69) is 10.6 Å². The van der Waals surface area contributed by atoms with Gasteiger partial charge in [-0.25, -0.2) is 4.79 Å². The fraction of sp³-hybridized carbons (Fsp3) is 0.304. The van der Waals surface area contributed by atoms with Crippen LogP contribution in [-0.4, -0.2) is 40.6 Å². The van der Waals surface area contributed by atoms with E-state index in [4.69, 9.17) is 9.47 Å². The van der Waals surface area contributed by atoms with Gasteiger partial charge in [0.1, 0.15) is 5.75 Å². The summed E-state index contributed by atoms with van der Waals surface area (Å²) in [6, 6.07) is 12.1. The van der Waals surface area contributed by atoms with Crippen LogP contribution in [0.25, 0.3) is 11.0 Å². The number of hydrogen-bond acceptors (Lipinski definition) is 6. The second-order valence-electron chi connectivity index (χ2n) is 7.22. The summed E-state index contributed by atoms with van der Waals surface area (Å²) in [7, 11) is 1.44. The maximum atomic E-state index is 12.6. The minimum absolute atomic E-state index is 0.0632. The van der Waals surface area contributed by atoms with Crippen molar-refractivity contribution in [2.45, 2.75) is 33.4 Å². The van der Waals surface area contributed by atoms with Gasteiger partial charge >= 0.3 is 11.7 Å². The van der Waals surface area contributed by atoms with Crippen molar-refractivity contribution in [1.82, 2.24) is 9.13 Å². The molecular weight excluding hydrogens is 428 g/mol. The van der Waals surface area contributed by atoms with E-state index in [1.807, 2.05) is 31.2 Å². The number of carbonyl (C=O) groups is 3. The number of aryl methyl sites for hydroxylation is 2. The Hall–Kier alpha value is -4.08. The van der Waals surface area contributed by atoms with E-state index in [0.29, 0.717) is 23.7 Å². The van der Waals surface area contributed by atoms with Gasteiger partial charge in [0.15, 0.2) is 6.61 Å². The first-order valence-electron chi connectivity index (χ1n) is 10.4. The van der Waals surface area contributed by atoms with Crippen LogP contribution in [0, 0.1) is 0 Å². The fourth-order valence-electron chi connectivity index (χ4n) is 3.49. The summed E-state index contributed by atoms with van der Waals surface area (Å²) in [6.07, 6.45) is -0.0632. The van der Waals surface area contributed by atoms with E-state index in [1.54, 1.807) is 16.7 Å². The second kappa shape index (κ2) is 10.5. The van der Waals surface area contributed by atoms with Crippen LogP contribution in [0.15, 0.2) is 47.3 Å². The normalized spacial score (nSPS) is 10.6. The Bertz CT molecular complexity index is 1240. The second-order valence-corrected chi connectivity index (χ2v) is 7.22. The van der Waals surface area contributed by atoms with Crippen molar-refractivity contribution in [3.05, 3.63) is 52.9 Å². The highest BCUT2D eigenvalue weighted by molar-refractivity contribution is 5.96. The van der Waals surface area contributed by atoms with Gasteiger partial charge in [-0.3, -0.25) is 23.5 Å². The number of aromatic nitrogens is 2. The third-order valence-electron chi connectivity index (χ3n) is 4.94. The number of nitrogens with zero attached hydrogens (tertiary/aromatic N) is 2.